The van der Waals surface area contributed by atoms with Gasteiger partial charge in [0.1, 0.15) is 0 Å². The maximum absolute atomic E-state index is 12.3. The summed E-state index contributed by atoms with van der Waals surface area (Å²) in [5.74, 6) is -0.0665. The second-order valence-electron chi connectivity index (χ2n) is 5.97. The van der Waals surface area contributed by atoms with Gasteiger partial charge in [-0.1, -0.05) is 19.1 Å². The van der Waals surface area contributed by atoms with Crippen LogP contribution in [0.3, 0.4) is 0 Å². The van der Waals surface area contributed by atoms with E-state index in [0.29, 0.717) is 12.2 Å². The van der Waals surface area contributed by atoms with Crippen molar-refractivity contribution < 1.29 is 9.53 Å². The summed E-state index contributed by atoms with van der Waals surface area (Å²) < 4.78 is 7.13. The Labute approximate surface area is 144 Å². The molecule has 0 saturated carbocycles. The van der Waals surface area contributed by atoms with Gasteiger partial charge in [0.2, 0.25) is 0 Å². The first-order valence-electron chi connectivity index (χ1n) is 8.46. The first-order valence-corrected chi connectivity index (χ1v) is 8.46. The van der Waals surface area contributed by atoms with E-state index >= 15 is 0 Å². The minimum atomic E-state index is -0.0665. The first kappa shape index (κ1) is 18.2. The van der Waals surface area contributed by atoms with Crippen LogP contribution < -0.4 is 5.32 Å². The Kier molecular flexibility index (Phi) is 6.15. The predicted molar refractivity (Wildman–Crippen MR) is 96.2 cm³/mol. The number of ether oxygens (including phenoxy) is 1. The highest BCUT2D eigenvalue weighted by Gasteiger charge is 2.15. The number of aromatic nitrogens is 2. The Morgan fingerprint density at radius 3 is 2.42 bits per heavy atom. The topological polar surface area (TPSA) is 56.1 Å². The predicted octanol–water partition coefficient (Wildman–Crippen LogP) is 3.34. The van der Waals surface area contributed by atoms with Crippen molar-refractivity contribution in [3.05, 3.63) is 41.2 Å². The highest BCUT2D eigenvalue weighted by atomic mass is 16.5. The van der Waals surface area contributed by atoms with E-state index in [9.17, 15) is 4.79 Å². The van der Waals surface area contributed by atoms with Crippen LogP contribution in [0.25, 0.3) is 11.1 Å². The second-order valence-corrected chi connectivity index (χ2v) is 5.97. The molecule has 24 heavy (non-hydrogen) atoms. The first-order chi connectivity index (χ1) is 11.5. The van der Waals surface area contributed by atoms with Gasteiger partial charge in [0.05, 0.1) is 18.3 Å². The van der Waals surface area contributed by atoms with E-state index in [1.165, 1.54) is 0 Å². The largest absolute Gasteiger partial charge is 0.383 e. The molecule has 0 spiro atoms. The molecule has 1 unspecified atom stereocenters. The fourth-order valence-electron chi connectivity index (χ4n) is 2.94. The number of hydrogen-bond donors (Lipinski definition) is 1. The molecule has 5 heteroatoms. The van der Waals surface area contributed by atoms with E-state index in [4.69, 9.17) is 4.74 Å². The lowest BCUT2D eigenvalue weighted by Gasteiger charge is -2.16. The Morgan fingerprint density at radius 1 is 1.25 bits per heavy atom. The zero-order chi connectivity index (χ0) is 17.7. The normalized spacial score (nSPS) is 12.2. The standard InChI is InChI=1S/C19H27N3O2/c1-6-17(12-24-5)20-19(23)16-10-8-15(9-11-16)18-13(3)21-22(7-2)14(18)4/h8-11,17H,6-7,12H2,1-5H3,(H,20,23). The molecule has 0 fully saturated rings. The number of carbonyl (C=O) groups excluding carboxylic acids is 1. The lowest BCUT2D eigenvalue weighted by atomic mass is 10.0. The summed E-state index contributed by atoms with van der Waals surface area (Å²) in [5, 5.41) is 7.56. The number of aryl methyl sites for hydroxylation is 2. The van der Waals surface area contributed by atoms with Crippen LogP contribution in [0.15, 0.2) is 24.3 Å². The zero-order valence-corrected chi connectivity index (χ0v) is 15.2. The highest BCUT2D eigenvalue weighted by Crippen LogP contribution is 2.27. The summed E-state index contributed by atoms with van der Waals surface area (Å²) in [6.45, 7) is 9.59. The Morgan fingerprint density at radius 2 is 1.92 bits per heavy atom. The molecule has 0 saturated heterocycles. The average Bonchev–Trinajstić information content (AvgIpc) is 2.88. The molecule has 1 aromatic heterocycles. The number of amides is 1. The molecule has 0 radical (unpaired) electrons. The van der Waals surface area contributed by atoms with Crippen LogP contribution in [0, 0.1) is 13.8 Å². The van der Waals surface area contributed by atoms with Crippen molar-refractivity contribution in [2.75, 3.05) is 13.7 Å². The van der Waals surface area contributed by atoms with Crippen molar-refractivity contribution in [2.24, 2.45) is 0 Å². The van der Waals surface area contributed by atoms with Crippen LogP contribution in [-0.2, 0) is 11.3 Å². The van der Waals surface area contributed by atoms with Crippen LogP contribution in [0.4, 0.5) is 0 Å². The molecular formula is C19H27N3O2. The summed E-state index contributed by atoms with van der Waals surface area (Å²) in [7, 11) is 1.64. The molecule has 130 valence electrons. The number of nitrogens with one attached hydrogen (secondary N) is 1. The average molecular weight is 329 g/mol. The van der Waals surface area contributed by atoms with Gasteiger partial charge in [-0.15, -0.1) is 0 Å². The summed E-state index contributed by atoms with van der Waals surface area (Å²) >= 11 is 0. The van der Waals surface area contributed by atoms with Crippen molar-refractivity contribution in [1.29, 1.82) is 0 Å². The van der Waals surface area contributed by atoms with Gasteiger partial charge in [-0.3, -0.25) is 9.48 Å². The number of benzene rings is 1. The quantitative estimate of drug-likeness (QED) is 0.847. The van der Waals surface area contributed by atoms with E-state index in [-0.39, 0.29) is 11.9 Å². The molecule has 0 aliphatic rings. The monoisotopic (exact) mass is 329 g/mol. The molecule has 1 N–H and O–H groups in total. The molecule has 0 bridgehead atoms. The molecule has 1 amide bonds. The van der Waals surface area contributed by atoms with Gasteiger partial charge in [-0.25, -0.2) is 0 Å². The van der Waals surface area contributed by atoms with Gasteiger partial charge in [-0.05, 0) is 44.9 Å². The van der Waals surface area contributed by atoms with Crippen molar-refractivity contribution in [1.82, 2.24) is 15.1 Å². The smallest absolute Gasteiger partial charge is 0.251 e. The third-order valence-electron chi connectivity index (χ3n) is 4.31. The van der Waals surface area contributed by atoms with Crippen LogP contribution in [-0.4, -0.2) is 35.4 Å². The number of carbonyl (C=O) groups is 1. The van der Waals surface area contributed by atoms with Crippen molar-refractivity contribution in [3.8, 4) is 11.1 Å². The number of nitrogens with zero attached hydrogens (tertiary/aromatic N) is 2. The Bertz CT molecular complexity index is 689. The van der Waals surface area contributed by atoms with Gasteiger partial charge in [0.15, 0.2) is 0 Å². The lowest BCUT2D eigenvalue weighted by molar-refractivity contribution is 0.0894. The fraction of sp³-hybridized carbons (Fsp3) is 0.474. The van der Waals surface area contributed by atoms with Crippen molar-refractivity contribution >= 4 is 5.91 Å². The minimum Gasteiger partial charge on any atom is -0.383 e. The van der Waals surface area contributed by atoms with Gasteiger partial charge >= 0.3 is 0 Å². The summed E-state index contributed by atoms with van der Waals surface area (Å²) in [5.41, 5.74) is 5.06. The Hall–Kier alpha value is -2.14. The molecule has 2 aromatic rings. The lowest BCUT2D eigenvalue weighted by Crippen LogP contribution is -2.37. The SMILES string of the molecule is CCC(COC)NC(=O)c1ccc(-c2c(C)nn(CC)c2C)cc1. The van der Waals surface area contributed by atoms with Crippen LogP contribution in [0.5, 0.6) is 0 Å². The molecule has 1 aromatic carbocycles. The number of rotatable bonds is 7. The zero-order valence-electron chi connectivity index (χ0n) is 15.2. The van der Waals surface area contributed by atoms with Gasteiger partial charge < -0.3 is 10.1 Å². The van der Waals surface area contributed by atoms with Crippen molar-refractivity contribution in [2.45, 2.75) is 46.7 Å². The Balaban J connectivity index is 2.19. The maximum atomic E-state index is 12.3. The van der Waals surface area contributed by atoms with Crippen LogP contribution in [0.1, 0.15) is 42.0 Å². The molecule has 0 aliphatic carbocycles. The maximum Gasteiger partial charge on any atom is 0.251 e. The summed E-state index contributed by atoms with van der Waals surface area (Å²) in [6, 6.07) is 7.75. The van der Waals surface area contributed by atoms with Crippen molar-refractivity contribution in [3.63, 3.8) is 0 Å². The third kappa shape index (κ3) is 3.85. The van der Waals surface area contributed by atoms with Gasteiger partial charge in [-0.2, -0.15) is 5.10 Å². The molecular weight excluding hydrogens is 302 g/mol. The summed E-state index contributed by atoms with van der Waals surface area (Å²) in [6.07, 6.45) is 0.840. The number of hydrogen-bond acceptors (Lipinski definition) is 3. The van der Waals surface area contributed by atoms with Gasteiger partial charge in [0, 0.05) is 30.5 Å². The van der Waals surface area contributed by atoms with E-state index in [1.54, 1.807) is 7.11 Å². The minimum absolute atomic E-state index is 0.0365. The van der Waals surface area contributed by atoms with E-state index in [0.717, 1.165) is 35.5 Å². The van der Waals surface area contributed by atoms with E-state index < -0.39 is 0 Å². The third-order valence-corrected chi connectivity index (χ3v) is 4.31. The fourth-order valence-corrected chi connectivity index (χ4v) is 2.94. The second kappa shape index (κ2) is 8.11. The molecule has 0 aliphatic heterocycles. The van der Waals surface area contributed by atoms with Crippen LogP contribution in [0.2, 0.25) is 0 Å². The van der Waals surface area contributed by atoms with Gasteiger partial charge in [0.25, 0.3) is 5.91 Å². The molecule has 5 nitrogen and oxygen atoms in total. The molecule has 2 rings (SSSR count). The molecule has 1 atom stereocenters. The molecule has 1 heterocycles. The van der Waals surface area contributed by atoms with Crippen LogP contribution >= 0.6 is 0 Å². The van der Waals surface area contributed by atoms with E-state index in [1.807, 2.05) is 42.8 Å². The summed E-state index contributed by atoms with van der Waals surface area (Å²) in [4.78, 5) is 12.3. The number of methoxy groups -OCH3 is 1. The highest BCUT2D eigenvalue weighted by molar-refractivity contribution is 5.95. The van der Waals surface area contributed by atoms with E-state index in [2.05, 4.69) is 24.3 Å².